The normalized spacial score (nSPS) is 41.1. The van der Waals surface area contributed by atoms with Crippen LogP contribution in [0.2, 0.25) is 0 Å². The second-order valence-corrected chi connectivity index (χ2v) is 10.5. The van der Waals surface area contributed by atoms with Gasteiger partial charge in [-0.1, -0.05) is 13.8 Å². The topological polar surface area (TPSA) is 49.5 Å². The minimum atomic E-state index is 0.263. The Morgan fingerprint density at radius 1 is 1.32 bits per heavy atom. The van der Waals surface area contributed by atoms with Crippen molar-refractivity contribution >= 4 is 11.3 Å². The molecule has 3 atom stereocenters. The molecule has 0 radical (unpaired) electrons. The molecule has 4 heteroatoms. The summed E-state index contributed by atoms with van der Waals surface area (Å²) in [5, 5.41) is 9.48. The van der Waals surface area contributed by atoms with E-state index in [1.54, 1.807) is 0 Å². The first kappa shape index (κ1) is 18.0. The zero-order chi connectivity index (χ0) is 17.8. The monoisotopic (exact) mass is 362 g/mol. The van der Waals surface area contributed by atoms with Crippen LogP contribution >= 0.6 is 11.3 Å². The second-order valence-electron chi connectivity index (χ2n) is 9.23. The third-order valence-corrected chi connectivity index (χ3v) is 8.65. The van der Waals surface area contributed by atoms with Crippen LogP contribution in [0.25, 0.3) is 0 Å². The Balaban J connectivity index is 1.49. The fourth-order valence-corrected chi connectivity index (χ4v) is 7.10. The van der Waals surface area contributed by atoms with E-state index in [1.807, 2.05) is 11.3 Å². The first-order valence-electron chi connectivity index (χ1n) is 10.1. The van der Waals surface area contributed by atoms with Gasteiger partial charge in [-0.2, -0.15) is 0 Å². The van der Waals surface area contributed by atoms with Crippen LogP contribution in [0.1, 0.15) is 68.2 Å². The molecule has 25 heavy (non-hydrogen) atoms. The lowest BCUT2D eigenvalue weighted by Crippen LogP contribution is -2.51. The van der Waals surface area contributed by atoms with Crippen LogP contribution in [-0.4, -0.2) is 41.3 Å². The highest BCUT2D eigenvalue weighted by molar-refractivity contribution is 7.12. The van der Waals surface area contributed by atoms with Crippen molar-refractivity contribution < 1.29 is 5.11 Å². The molecule has 2 aliphatic carbocycles. The molecule has 1 aromatic rings. The number of piperidine rings is 1. The molecule has 4 rings (SSSR count). The van der Waals surface area contributed by atoms with Crippen LogP contribution in [-0.2, 0) is 18.3 Å². The van der Waals surface area contributed by atoms with E-state index in [1.165, 1.54) is 54.0 Å². The lowest BCUT2D eigenvalue weighted by atomic mass is 9.71. The number of nitrogens with two attached hydrogens (primary N) is 1. The number of thiophene rings is 1. The largest absolute Gasteiger partial charge is 0.396 e. The molecule has 2 saturated carbocycles. The van der Waals surface area contributed by atoms with Crippen molar-refractivity contribution in [1.29, 1.82) is 0 Å². The maximum atomic E-state index is 9.48. The Kier molecular flexibility index (Phi) is 4.55. The number of aryl methyl sites for hydroxylation is 1. The highest BCUT2D eigenvalue weighted by atomic mass is 32.1. The van der Waals surface area contributed by atoms with Gasteiger partial charge in [-0.15, -0.1) is 11.3 Å². The van der Waals surface area contributed by atoms with Crippen LogP contribution in [0.5, 0.6) is 0 Å². The van der Waals surface area contributed by atoms with E-state index >= 15 is 0 Å². The molecule has 1 saturated heterocycles. The molecule has 140 valence electrons. The summed E-state index contributed by atoms with van der Waals surface area (Å²) in [6.07, 6.45) is 8.30. The van der Waals surface area contributed by atoms with Gasteiger partial charge >= 0.3 is 0 Å². The van der Waals surface area contributed by atoms with Gasteiger partial charge in [-0.25, -0.2) is 0 Å². The van der Waals surface area contributed by atoms with E-state index in [9.17, 15) is 5.11 Å². The van der Waals surface area contributed by atoms with Crippen LogP contribution in [0.15, 0.2) is 6.07 Å². The molecular formula is C21H34N2OS. The van der Waals surface area contributed by atoms with Gasteiger partial charge in [-0.05, 0) is 74.5 Å². The number of nitrogens with zero attached hydrogens (tertiary/aromatic N) is 1. The van der Waals surface area contributed by atoms with E-state index in [4.69, 9.17) is 5.73 Å². The van der Waals surface area contributed by atoms with E-state index in [-0.39, 0.29) is 12.0 Å². The van der Waals surface area contributed by atoms with Crippen molar-refractivity contribution in [2.45, 2.75) is 89.3 Å². The summed E-state index contributed by atoms with van der Waals surface area (Å²) < 4.78 is 0. The maximum Gasteiger partial charge on any atom is 0.0479 e. The first-order chi connectivity index (χ1) is 11.9. The van der Waals surface area contributed by atoms with Gasteiger partial charge in [-0.3, -0.25) is 4.90 Å². The fourth-order valence-electron chi connectivity index (χ4n) is 5.85. The van der Waals surface area contributed by atoms with Crippen molar-refractivity contribution in [3.8, 4) is 0 Å². The molecular weight excluding hydrogens is 328 g/mol. The van der Waals surface area contributed by atoms with Crippen LogP contribution in [0, 0.1) is 5.41 Å². The number of rotatable bonds is 5. The Morgan fingerprint density at radius 3 is 2.68 bits per heavy atom. The van der Waals surface area contributed by atoms with E-state index in [2.05, 4.69) is 31.7 Å². The van der Waals surface area contributed by atoms with Gasteiger partial charge in [0.05, 0.1) is 0 Å². The second kappa shape index (κ2) is 6.33. The van der Waals surface area contributed by atoms with Crippen LogP contribution < -0.4 is 5.73 Å². The average Bonchev–Trinajstić information content (AvgIpc) is 3.10. The molecule has 3 aliphatic rings. The van der Waals surface area contributed by atoms with Gasteiger partial charge < -0.3 is 10.8 Å². The maximum absolute atomic E-state index is 9.48. The van der Waals surface area contributed by atoms with Crippen molar-refractivity contribution in [1.82, 2.24) is 4.90 Å². The number of likely N-dealkylation sites (tertiary alicyclic amines) is 1. The molecule has 2 heterocycles. The molecule has 0 bridgehead atoms. The molecule has 1 spiro atoms. The molecule has 0 unspecified atom stereocenters. The van der Waals surface area contributed by atoms with Gasteiger partial charge in [0.25, 0.3) is 0 Å². The molecule has 3 fully saturated rings. The summed E-state index contributed by atoms with van der Waals surface area (Å²) in [4.78, 5) is 5.70. The van der Waals surface area contributed by atoms with E-state index < -0.39 is 0 Å². The average molecular weight is 363 g/mol. The molecule has 0 amide bonds. The Bertz CT molecular complexity index is 636. The SMILES string of the molecule is CCc1cc([C@@]2(C)CCN([C@@H]3CC34CC(N)C4)[C@@H](C)C2)c(CCO)s1. The van der Waals surface area contributed by atoms with E-state index in [0.29, 0.717) is 17.5 Å². The minimum absolute atomic E-state index is 0.263. The summed E-state index contributed by atoms with van der Waals surface area (Å²) >= 11 is 1.92. The van der Waals surface area contributed by atoms with Gasteiger partial charge in [0.2, 0.25) is 0 Å². The summed E-state index contributed by atoms with van der Waals surface area (Å²) in [5.74, 6) is 0. The molecule has 1 aromatic heterocycles. The standard InChI is InChI=1S/C21H34N2OS/c1-4-16-9-17(18(25-16)5-8-24)20(3)6-7-23(14(2)10-20)19-13-21(19)11-15(22)12-21/h9,14-15,19,24H,4-8,10-13,22H2,1-3H3/t14-,15?,19+,20-,21?/m0/s1. The summed E-state index contributed by atoms with van der Waals surface area (Å²) in [6, 6.07) is 4.36. The van der Waals surface area contributed by atoms with Crippen molar-refractivity contribution in [2.24, 2.45) is 11.1 Å². The highest BCUT2D eigenvalue weighted by Crippen LogP contribution is 2.63. The molecule has 3 nitrogen and oxygen atoms in total. The van der Waals surface area contributed by atoms with Crippen molar-refractivity contribution in [3.05, 3.63) is 21.4 Å². The Morgan fingerprint density at radius 2 is 2.08 bits per heavy atom. The number of hydrogen-bond donors (Lipinski definition) is 2. The molecule has 3 N–H and O–H groups in total. The van der Waals surface area contributed by atoms with Gasteiger partial charge in [0, 0.05) is 40.9 Å². The number of aliphatic hydroxyl groups excluding tert-OH is 1. The summed E-state index contributed by atoms with van der Waals surface area (Å²) in [7, 11) is 0. The van der Waals surface area contributed by atoms with Gasteiger partial charge in [0.15, 0.2) is 0 Å². The lowest BCUT2D eigenvalue weighted by Gasteiger charge is -2.46. The Labute approximate surface area is 156 Å². The smallest absolute Gasteiger partial charge is 0.0479 e. The molecule has 1 aliphatic heterocycles. The third-order valence-electron chi connectivity index (χ3n) is 7.32. The highest BCUT2D eigenvalue weighted by Gasteiger charge is 2.63. The van der Waals surface area contributed by atoms with Crippen molar-refractivity contribution in [3.63, 3.8) is 0 Å². The van der Waals surface area contributed by atoms with Crippen molar-refractivity contribution in [2.75, 3.05) is 13.2 Å². The van der Waals surface area contributed by atoms with E-state index in [0.717, 1.165) is 18.9 Å². The van der Waals surface area contributed by atoms with Crippen LogP contribution in [0.3, 0.4) is 0 Å². The predicted molar refractivity (Wildman–Crippen MR) is 105 cm³/mol. The first-order valence-corrected chi connectivity index (χ1v) is 11.0. The summed E-state index contributed by atoms with van der Waals surface area (Å²) in [5.41, 5.74) is 8.46. The zero-order valence-electron chi connectivity index (χ0n) is 16.1. The zero-order valence-corrected chi connectivity index (χ0v) is 16.9. The van der Waals surface area contributed by atoms with Gasteiger partial charge in [0.1, 0.15) is 0 Å². The van der Waals surface area contributed by atoms with Crippen LogP contribution in [0.4, 0.5) is 0 Å². The number of hydrogen-bond acceptors (Lipinski definition) is 4. The molecule has 0 aromatic carbocycles. The Hall–Kier alpha value is -0.420. The summed E-state index contributed by atoms with van der Waals surface area (Å²) in [6.45, 7) is 8.61. The number of aliphatic hydroxyl groups is 1. The quantitative estimate of drug-likeness (QED) is 0.843. The lowest BCUT2D eigenvalue weighted by molar-refractivity contribution is 0.0680. The fraction of sp³-hybridized carbons (Fsp3) is 0.810. The minimum Gasteiger partial charge on any atom is -0.396 e. The predicted octanol–water partition coefficient (Wildman–Crippen LogP) is 3.47. The third kappa shape index (κ3) is 2.99.